The Balaban J connectivity index is 2.01. The third-order valence-electron chi connectivity index (χ3n) is 3.53. The van der Waals surface area contributed by atoms with Crippen molar-refractivity contribution in [3.63, 3.8) is 0 Å². The van der Waals surface area contributed by atoms with Gasteiger partial charge in [-0.15, -0.1) is 0 Å². The second-order valence-corrected chi connectivity index (χ2v) is 5.17. The number of nitrogens with zero attached hydrogens (tertiary/aromatic N) is 1. The van der Waals surface area contributed by atoms with Crippen molar-refractivity contribution >= 4 is 11.9 Å². The van der Waals surface area contributed by atoms with Crippen molar-refractivity contribution in [3.8, 4) is 5.75 Å². The van der Waals surface area contributed by atoms with Crippen LogP contribution in [-0.4, -0.2) is 30.7 Å². The molecule has 0 radical (unpaired) electrons. The Kier molecular flexibility index (Phi) is 5.95. The molecule has 0 aliphatic heterocycles. The van der Waals surface area contributed by atoms with Crippen LogP contribution < -0.4 is 10.1 Å². The topological polar surface area (TPSA) is 90.7 Å². The average Bonchev–Trinajstić information content (AvgIpc) is 2.91. The number of rotatable bonds is 7. The molecule has 24 heavy (non-hydrogen) atoms. The molecular weight excluding hydrogens is 312 g/mol. The van der Waals surface area contributed by atoms with Crippen molar-refractivity contribution in [2.75, 3.05) is 13.7 Å². The van der Waals surface area contributed by atoms with Gasteiger partial charge in [-0.25, -0.2) is 0 Å². The Bertz CT molecular complexity index is 704. The molecule has 1 heterocycles. The zero-order valence-electron chi connectivity index (χ0n) is 13.9. The van der Waals surface area contributed by atoms with E-state index in [1.807, 2.05) is 13.8 Å². The van der Waals surface area contributed by atoms with Gasteiger partial charge in [0.05, 0.1) is 30.4 Å². The SMILES string of the molecule is COC(=O)CCNC(=O)c1ccccc1OCc1c(C)noc1C. The molecule has 1 amide bonds. The minimum atomic E-state index is -0.377. The summed E-state index contributed by atoms with van der Waals surface area (Å²) in [5.41, 5.74) is 2.01. The van der Waals surface area contributed by atoms with E-state index >= 15 is 0 Å². The predicted octanol–water partition coefficient (Wildman–Crippen LogP) is 2.16. The molecule has 7 nitrogen and oxygen atoms in total. The minimum Gasteiger partial charge on any atom is -0.488 e. The largest absolute Gasteiger partial charge is 0.488 e. The molecule has 1 N–H and O–H groups in total. The first kappa shape index (κ1) is 17.5. The Morgan fingerprint density at radius 2 is 2.00 bits per heavy atom. The van der Waals surface area contributed by atoms with Crippen LogP contribution in [0.1, 0.15) is 33.8 Å². The highest BCUT2D eigenvalue weighted by atomic mass is 16.5. The van der Waals surface area contributed by atoms with Gasteiger partial charge in [-0.05, 0) is 26.0 Å². The van der Waals surface area contributed by atoms with Crippen molar-refractivity contribution in [3.05, 3.63) is 46.8 Å². The van der Waals surface area contributed by atoms with Crippen molar-refractivity contribution in [2.45, 2.75) is 26.9 Å². The Labute approximate surface area is 139 Å². The highest BCUT2D eigenvalue weighted by Crippen LogP contribution is 2.21. The Morgan fingerprint density at radius 3 is 2.67 bits per heavy atom. The van der Waals surface area contributed by atoms with Gasteiger partial charge in [-0.2, -0.15) is 0 Å². The molecule has 0 saturated carbocycles. The summed E-state index contributed by atoms with van der Waals surface area (Å²) < 4.78 is 15.4. The molecule has 0 aliphatic rings. The number of esters is 1. The molecule has 7 heteroatoms. The van der Waals surface area contributed by atoms with Crippen molar-refractivity contribution in [2.24, 2.45) is 0 Å². The molecule has 0 saturated heterocycles. The van der Waals surface area contributed by atoms with Crippen LogP contribution in [0.5, 0.6) is 5.75 Å². The van der Waals surface area contributed by atoms with E-state index in [1.54, 1.807) is 24.3 Å². The summed E-state index contributed by atoms with van der Waals surface area (Å²) in [5, 5.41) is 6.54. The lowest BCUT2D eigenvalue weighted by molar-refractivity contribution is -0.140. The minimum absolute atomic E-state index is 0.115. The van der Waals surface area contributed by atoms with Crippen LogP contribution in [0, 0.1) is 13.8 Å². The van der Waals surface area contributed by atoms with E-state index in [-0.39, 0.29) is 31.4 Å². The fraction of sp³-hybridized carbons (Fsp3) is 0.353. The van der Waals surface area contributed by atoms with Crippen LogP contribution in [-0.2, 0) is 16.1 Å². The van der Waals surface area contributed by atoms with Crippen LogP contribution in [0.4, 0.5) is 0 Å². The smallest absolute Gasteiger partial charge is 0.307 e. The maximum absolute atomic E-state index is 12.3. The Morgan fingerprint density at radius 1 is 1.25 bits per heavy atom. The number of benzene rings is 1. The molecule has 0 aliphatic carbocycles. The number of aryl methyl sites for hydroxylation is 2. The molecule has 0 bridgehead atoms. The zero-order chi connectivity index (χ0) is 17.5. The maximum atomic E-state index is 12.3. The number of hydrogen-bond acceptors (Lipinski definition) is 6. The molecule has 0 unspecified atom stereocenters. The number of hydrogen-bond donors (Lipinski definition) is 1. The second kappa shape index (κ2) is 8.14. The first-order chi connectivity index (χ1) is 11.5. The quantitative estimate of drug-likeness (QED) is 0.781. The summed E-state index contributed by atoms with van der Waals surface area (Å²) in [4.78, 5) is 23.3. The second-order valence-electron chi connectivity index (χ2n) is 5.17. The Hall–Kier alpha value is -2.83. The fourth-order valence-electron chi connectivity index (χ4n) is 2.11. The number of aromatic nitrogens is 1. The van der Waals surface area contributed by atoms with E-state index in [9.17, 15) is 9.59 Å². The summed E-state index contributed by atoms with van der Waals surface area (Å²) in [6.45, 7) is 4.10. The highest BCUT2D eigenvalue weighted by Gasteiger charge is 2.15. The molecule has 1 aromatic carbocycles. The molecule has 0 atom stereocenters. The summed E-state index contributed by atoms with van der Waals surface area (Å²) in [5.74, 6) is 0.451. The van der Waals surface area contributed by atoms with E-state index in [2.05, 4.69) is 15.2 Å². The maximum Gasteiger partial charge on any atom is 0.307 e. The lowest BCUT2D eigenvalue weighted by Crippen LogP contribution is -2.26. The lowest BCUT2D eigenvalue weighted by atomic mass is 10.1. The third kappa shape index (κ3) is 4.34. The predicted molar refractivity (Wildman–Crippen MR) is 85.7 cm³/mol. The highest BCUT2D eigenvalue weighted by molar-refractivity contribution is 5.97. The van der Waals surface area contributed by atoms with Gasteiger partial charge in [-0.3, -0.25) is 9.59 Å². The number of amides is 1. The first-order valence-electron chi connectivity index (χ1n) is 7.51. The molecule has 0 fully saturated rings. The third-order valence-corrected chi connectivity index (χ3v) is 3.53. The van der Waals surface area contributed by atoms with Gasteiger partial charge in [0.15, 0.2) is 0 Å². The molecular formula is C17H20N2O5. The number of nitrogens with one attached hydrogen (secondary N) is 1. The molecule has 2 aromatic rings. The van der Waals surface area contributed by atoms with Gasteiger partial charge >= 0.3 is 5.97 Å². The first-order valence-corrected chi connectivity index (χ1v) is 7.51. The van der Waals surface area contributed by atoms with Gasteiger partial charge in [0.1, 0.15) is 18.1 Å². The number of methoxy groups -OCH3 is 1. The van der Waals surface area contributed by atoms with Gasteiger partial charge in [0.25, 0.3) is 5.91 Å². The van der Waals surface area contributed by atoms with E-state index in [4.69, 9.17) is 9.26 Å². The van der Waals surface area contributed by atoms with E-state index in [0.717, 1.165) is 11.3 Å². The summed E-state index contributed by atoms with van der Waals surface area (Å²) >= 11 is 0. The van der Waals surface area contributed by atoms with Crippen molar-refractivity contribution in [1.82, 2.24) is 10.5 Å². The normalized spacial score (nSPS) is 10.3. The van der Waals surface area contributed by atoms with Gasteiger partial charge in [-0.1, -0.05) is 17.3 Å². The van der Waals surface area contributed by atoms with Gasteiger partial charge < -0.3 is 19.3 Å². The van der Waals surface area contributed by atoms with Crippen LogP contribution >= 0.6 is 0 Å². The van der Waals surface area contributed by atoms with E-state index in [1.165, 1.54) is 7.11 Å². The molecule has 2 rings (SSSR count). The number of carbonyl (C=O) groups excluding carboxylic acids is 2. The standard InChI is InChI=1S/C17H20N2O5/c1-11-14(12(2)24-19-11)10-23-15-7-5-4-6-13(15)17(21)18-9-8-16(20)22-3/h4-7H,8-10H2,1-3H3,(H,18,21). The van der Waals surface area contributed by atoms with Crippen molar-refractivity contribution in [1.29, 1.82) is 0 Å². The van der Waals surface area contributed by atoms with Gasteiger partial charge in [0.2, 0.25) is 0 Å². The summed E-state index contributed by atoms with van der Waals surface area (Å²) in [7, 11) is 1.31. The number of para-hydroxylation sites is 1. The summed E-state index contributed by atoms with van der Waals surface area (Å²) in [6, 6.07) is 6.91. The van der Waals surface area contributed by atoms with Crippen LogP contribution in [0.3, 0.4) is 0 Å². The van der Waals surface area contributed by atoms with E-state index < -0.39 is 0 Å². The monoisotopic (exact) mass is 332 g/mol. The van der Waals surface area contributed by atoms with Crippen LogP contribution in [0.15, 0.2) is 28.8 Å². The zero-order valence-corrected chi connectivity index (χ0v) is 13.9. The molecule has 1 aromatic heterocycles. The van der Waals surface area contributed by atoms with Gasteiger partial charge in [0, 0.05) is 6.54 Å². The fourth-order valence-corrected chi connectivity index (χ4v) is 2.11. The average molecular weight is 332 g/mol. The number of carbonyl (C=O) groups is 2. The van der Waals surface area contributed by atoms with Crippen LogP contribution in [0.2, 0.25) is 0 Å². The van der Waals surface area contributed by atoms with E-state index in [0.29, 0.717) is 17.1 Å². The summed E-state index contributed by atoms with van der Waals surface area (Å²) in [6.07, 6.45) is 0.115. The van der Waals surface area contributed by atoms with Crippen molar-refractivity contribution < 1.29 is 23.6 Å². The van der Waals surface area contributed by atoms with Crippen LogP contribution in [0.25, 0.3) is 0 Å². The molecule has 128 valence electrons. The number of ether oxygens (including phenoxy) is 2. The lowest BCUT2D eigenvalue weighted by Gasteiger charge is -2.11. The molecule has 0 spiro atoms.